The molecule has 0 aliphatic rings. The highest BCUT2D eigenvalue weighted by molar-refractivity contribution is 5.94. The molecular weight excluding hydrogens is 292 g/mol. The summed E-state index contributed by atoms with van der Waals surface area (Å²) in [5.41, 5.74) is 5.20. The molecule has 0 aliphatic carbocycles. The van der Waals surface area contributed by atoms with Crippen molar-refractivity contribution in [1.29, 1.82) is 0 Å². The van der Waals surface area contributed by atoms with Gasteiger partial charge in [0.05, 0.1) is 11.4 Å². The van der Waals surface area contributed by atoms with Gasteiger partial charge in [-0.15, -0.1) is 10.2 Å². The molecule has 1 aromatic carbocycles. The van der Waals surface area contributed by atoms with Crippen molar-refractivity contribution in [2.45, 2.75) is 20.4 Å². The Morgan fingerprint density at radius 3 is 2.91 bits per heavy atom. The molecule has 0 saturated carbocycles. The lowest BCUT2D eigenvalue weighted by molar-refractivity contribution is 0.0963. The maximum absolute atomic E-state index is 11.7. The number of hydrogen-bond acceptors (Lipinski definition) is 5. The second kappa shape index (κ2) is 6.04. The number of carbonyl (C=O) groups is 1. The molecule has 0 spiro atoms. The Kier molecular flexibility index (Phi) is 3.92. The molecule has 0 saturated heterocycles. The van der Waals surface area contributed by atoms with E-state index in [1.54, 1.807) is 24.0 Å². The van der Waals surface area contributed by atoms with Crippen LogP contribution >= 0.6 is 0 Å². The van der Waals surface area contributed by atoms with E-state index in [1.807, 2.05) is 32.0 Å². The molecule has 0 atom stereocenters. The molecular formula is C16H18N6O. The minimum Gasteiger partial charge on any atom is -0.378 e. The van der Waals surface area contributed by atoms with Gasteiger partial charge in [-0.25, -0.2) is 0 Å². The molecule has 7 heteroatoms. The van der Waals surface area contributed by atoms with Gasteiger partial charge in [-0.05, 0) is 37.1 Å². The van der Waals surface area contributed by atoms with Gasteiger partial charge in [0.25, 0.3) is 5.91 Å². The Hall–Kier alpha value is -2.96. The highest BCUT2D eigenvalue weighted by atomic mass is 16.1. The van der Waals surface area contributed by atoms with Gasteiger partial charge in [-0.3, -0.25) is 4.79 Å². The Bertz CT molecular complexity index is 870. The average molecular weight is 310 g/mol. The zero-order chi connectivity index (χ0) is 16.4. The third-order valence-corrected chi connectivity index (χ3v) is 3.82. The van der Waals surface area contributed by atoms with Crippen LogP contribution in [0.1, 0.15) is 27.2 Å². The lowest BCUT2D eigenvalue weighted by Gasteiger charge is -2.12. The Balaban J connectivity index is 1.88. The van der Waals surface area contributed by atoms with Crippen LogP contribution in [-0.4, -0.2) is 32.8 Å². The number of aromatic nitrogens is 4. The lowest BCUT2D eigenvalue weighted by Crippen LogP contribution is -2.18. The molecule has 1 amide bonds. The second-order valence-electron chi connectivity index (χ2n) is 5.32. The van der Waals surface area contributed by atoms with Gasteiger partial charge in [0.15, 0.2) is 0 Å². The summed E-state index contributed by atoms with van der Waals surface area (Å²) in [4.78, 5) is 11.7. The van der Waals surface area contributed by atoms with Crippen LogP contribution in [-0.2, 0) is 6.54 Å². The third kappa shape index (κ3) is 2.85. The molecule has 2 heterocycles. The highest BCUT2D eigenvalue weighted by Gasteiger charge is 2.11. The quantitative estimate of drug-likeness (QED) is 0.766. The molecule has 0 radical (unpaired) electrons. The van der Waals surface area contributed by atoms with E-state index in [1.165, 1.54) is 0 Å². The standard InChI is InChI=1S/C16H18N6O/c1-10-11(2)21-22-9-19-20-15(22)14(10)18-8-12-5-4-6-13(7-12)16(23)17-3/h4-7,9,18H,8H2,1-3H3,(H,17,23). The van der Waals surface area contributed by atoms with E-state index >= 15 is 0 Å². The smallest absolute Gasteiger partial charge is 0.251 e. The molecule has 3 aromatic rings. The molecule has 3 rings (SSSR count). The molecule has 118 valence electrons. The summed E-state index contributed by atoms with van der Waals surface area (Å²) in [6, 6.07) is 7.51. The zero-order valence-corrected chi connectivity index (χ0v) is 13.3. The van der Waals surface area contributed by atoms with Gasteiger partial charge in [-0.1, -0.05) is 12.1 Å². The van der Waals surface area contributed by atoms with Crippen LogP contribution in [0.2, 0.25) is 0 Å². The van der Waals surface area contributed by atoms with E-state index in [4.69, 9.17) is 0 Å². The minimum absolute atomic E-state index is 0.0948. The summed E-state index contributed by atoms with van der Waals surface area (Å²) in [7, 11) is 1.62. The molecule has 7 nitrogen and oxygen atoms in total. The van der Waals surface area contributed by atoms with E-state index in [9.17, 15) is 4.79 Å². The second-order valence-corrected chi connectivity index (χ2v) is 5.32. The SMILES string of the molecule is CNC(=O)c1cccc(CNc2c(C)c(C)nn3cnnc23)c1. The number of amides is 1. The van der Waals surface area contributed by atoms with Crippen LogP contribution in [0.25, 0.3) is 5.65 Å². The van der Waals surface area contributed by atoms with Gasteiger partial charge < -0.3 is 10.6 Å². The summed E-state index contributed by atoms with van der Waals surface area (Å²) in [5.74, 6) is -0.0948. The van der Waals surface area contributed by atoms with Crippen molar-refractivity contribution < 1.29 is 4.79 Å². The normalized spacial score (nSPS) is 10.7. The number of anilines is 1. The number of nitrogens with one attached hydrogen (secondary N) is 2. The molecule has 0 fully saturated rings. The molecule has 23 heavy (non-hydrogen) atoms. The topological polar surface area (TPSA) is 84.2 Å². The average Bonchev–Trinajstić information content (AvgIpc) is 3.02. The molecule has 0 unspecified atom stereocenters. The monoisotopic (exact) mass is 310 g/mol. The van der Waals surface area contributed by atoms with Crippen LogP contribution in [0.3, 0.4) is 0 Å². The summed E-state index contributed by atoms with van der Waals surface area (Å²) in [5, 5.41) is 18.4. The Labute approximate surface area is 133 Å². The van der Waals surface area contributed by atoms with Crippen LogP contribution in [0, 0.1) is 13.8 Å². The molecule has 2 N–H and O–H groups in total. The fraction of sp³-hybridized carbons (Fsp3) is 0.250. The summed E-state index contributed by atoms with van der Waals surface area (Å²) in [6.45, 7) is 4.53. The van der Waals surface area contributed by atoms with Gasteiger partial charge in [0, 0.05) is 19.2 Å². The van der Waals surface area contributed by atoms with Crippen LogP contribution in [0.5, 0.6) is 0 Å². The third-order valence-electron chi connectivity index (χ3n) is 3.82. The number of benzene rings is 1. The van der Waals surface area contributed by atoms with Crippen molar-refractivity contribution in [3.05, 3.63) is 53.0 Å². The van der Waals surface area contributed by atoms with Crippen molar-refractivity contribution >= 4 is 17.2 Å². The number of rotatable bonds is 4. The number of hydrogen-bond donors (Lipinski definition) is 2. The fourth-order valence-electron chi connectivity index (χ4n) is 2.42. The van der Waals surface area contributed by atoms with Gasteiger partial charge in [0.1, 0.15) is 6.33 Å². The molecule has 2 aromatic heterocycles. The predicted molar refractivity (Wildman–Crippen MR) is 87.4 cm³/mol. The van der Waals surface area contributed by atoms with Crippen molar-refractivity contribution in [2.24, 2.45) is 0 Å². The van der Waals surface area contributed by atoms with Gasteiger partial charge >= 0.3 is 0 Å². The number of nitrogens with zero attached hydrogens (tertiary/aromatic N) is 4. The van der Waals surface area contributed by atoms with Crippen molar-refractivity contribution in [2.75, 3.05) is 12.4 Å². The maximum atomic E-state index is 11.7. The van der Waals surface area contributed by atoms with Crippen LogP contribution in [0.4, 0.5) is 5.69 Å². The zero-order valence-electron chi connectivity index (χ0n) is 13.3. The predicted octanol–water partition coefficient (Wildman–Crippen LogP) is 1.71. The van der Waals surface area contributed by atoms with Gasteiger partial charge in [0.2, 0.25) is 5.65 Å². The number of carbonyl (C=O) groups excluding carboxylic acids is 1. The van der Waals surface area contributed by atoms with Crippen molar-refractivity contribution in [1.82, 2.24) is 25.1 Å². The van der Waals surface area contributed by atoms with Gasteiger partial charge in [-0.2, -0.15) is 9.61 Å². The first-order valence-electron chi connectivity index (χ1n) is 7.32. The first kappa shape index (κ1) is 15.0. The van der Waals surface area contributed by atoms with E-state index in [0.717, 1.165) is 22.5 Å². The van der Waals surface area contributed by atoms with E-state index < -0.39 is 0 Å². The van der Waals surface area contributed by atoms with Crippen LogP contribution < -0.4 is 10.6 Å². The summed E-state index contributed by atoms with van der Waals surface area (Å²) in [6.07, 6.45) is 1.58. The van der Waals surface area contributed by atoms with Crippen molar-refractivity contribution in [3.63, 3.8) is 0 Å². The highest BCUT2D eigenvalue weighted by Crippen LogP contribution is 2.22. The van der Waals surface area contributed by atoms with Crippen LogP contribution in [0.15, 0.2) is 30.6 Å². The summed E-state index contributed by atoms with van der Waals surface area (Å²) >= 11 is 0. The lowest BCUT2D eigenvalue weighted by atomic mass is 10.1. The Morgan fingerprint density at radius 1 is 1.30 bits per heavy atom. The Morgan fingerprint density at radius 2 is 2.13 bits per heavy atom. The van der Waals surface area contributed by atoms with E-state index in [0.29, 0.717) is 17.8 Å². The maximum Gasteiger partial charge on any atom is 0.251 e. The van der Waals surface area contributed by atoms with E-state index in [2.05, 4.69) is 25.9 Å². The first-order valence-corrected chi connectivity index (χ1v) is 7.32. The van der Waals surface area contributed by atoms with E-state index in [-0.39, 0.29) is 5.91 Å². The fourth-order valence-corrected chi connectivity index (χ4v) is 2.42. The van der Waals surface area contributed by atoms with Crippen molar-refractivity contribution in [3.8, 4) is 0 Å². The number of aryl methyl sites for hydroxylation is 1. The summed E-state index contributed by atoms with van der Waals surface area (Å²) < 4.78 is 1.66. The largest absolute Gasteiger partial charge is 0.378 e. The number of fused-ring (bicyclic) bond motifs is 1. The molecule has 0 bridgehead atoms. The first-order chi connectivity index (χ1) is 11.1. The minimum atomic E-state index is -0.0948. The molecule has 0 aliphatic heterocycles.